The van der Waals surface area contributed by atoms with Crippen molar-refractivity contribution in [2.24, 2.45) is 7.05 Å². The maximum Gasteiger partial charge on any atom is 0.229 e. The highest BCUT2D eigenvalue weighted by Gasteiger charge is 2.17. The molecule has 0 spiro atoms. The maximum atomic E-state index is 8.99. The van der Waals surface area contributed by atoms with Crippen molar-refractivity contribution in [2.45, 2.75) is 19.3 Å². The standard InChI is InChI=1S/C13H20N6O/c1-18-12-10(9-15-18)11(14-5-8-20)16-13(17-12)19-6-3-2-4-7-19/h9,20H,2-8H2,1H3,(H,14,16,17). The summed E-state index contributed by atoms with van der Waals surface area (Å²) >= 11 is 0. The summed E-state index contributed by atoms with van der Waals surface area (Å²) in [6, 6.07) is 0. The van der Waals surface area contributed by atoms with E-state index in [0.29, 0.717) is 6.54 Å². The Labute approximate surface area is 117 Å². The number of aryl methyl sites for hydroxylation is 1. The van der Waals surface area contributed by atoms with Gasteiger partial charge in [-0.2, -0.15) is 15.1 Å². The van der Waals surface area contributed by atoms with Crippen molar-refractivity contribution in [3.8, 4) is 0 Å². The molecule has 3 rings (SSSR count). The molecular formula is C13H20N6O. The fourth-order valence-corrected chi connectivity index (χ4v) is 2.56. The van der Waals surface area contributed by atoms with Crippen molar-refractivity contribution < 1.29 is 5.11 Å². The third-order valence-corrected chi connectivity index (χ3v) is 3.62. The third-order valence-electron chi connectivity index (χ3n) is 3.62. The first kappa shape index (κ1) is 13.1. The molecular weight excluding hydrogens is 256 g/mol. The van der Waals surface area contributed by atoms with Crippen LogP contribution in [-0.4, -0.2) is 51.1 Å². The molecule has 0 unspecified atom stereocenters. The fourth-order valence-electron chi connectivity index (χ4n) is 2.56. The lowest BCUT2D eigenvalue weighted by molar-refractivity contribution is 0.311. The van der Waals surface area contributed by atoms with Crippen LogP contribution in [0.25, 0.3) is 11.0 Å². The van der Waals surface area contributed by atoms with Crippen molar-refractivity contribution in [2.75, 3.05) is 36.5 Å². The Balaban J connectivity index is 2.01. The van der Waals surface area contributed by atoms with Gasteiger partial charge in [0.25, 0.3) is 0 Å². The summed E-state index contributed by atoms with van der Waals surface area (Å²) in [4.78, 5) is 11.5. The Morgan fingerprint density at radius 2 is 2.05 bits per heavy atom. The monoisotopic (exact) mass is 276 g/mol. The van der Waals surface area contributed by atoms with E-state index < -0.39 is 0 Å². The molecule has 3 heterocycles. The van der Waals surface area contributed by atoms with Crippen molar-refractivity contribution in [3.05, 3.63) is 6.20 Å². The summed E-state index contributed by atoms with van der Waals surface area (Å²) < 4.78 is 1.76. The normalized spacial score (nSPS) is 15.8. The van der Waals surface area contributed by atoms with Gasteiger partial charge in [-0.05, 0) is 19.3 Å². The first-order valence-electron chi connectivity index (χ1n) is 7.09. The summed E-state index contributed by atoms with van der Waals surface area (Å²) in [7, 11) is 1.88. The maximum absolute atomic E-state index is 8.99. The first-order chi connectivity index (χ1) is 9.79. The van der Waals surface area contributed by atoms with Crippen LogP contribution in [0.4, 0.5) is 11.8 Å². The molecule has 0 bridgehead atoms. The average molecular weight is 276 g/mol. The van der Waals surface area contributed by atoms with Gasteiger partial charge in [0.15, 0.2) is 5.65 Å². The molecule has 1 fully saturated rings. The molecule has 108 valence electrons. The Morgan fingerprint density at radius 1 is 1.25 bits per heavy atom. The smallest absolute Gasteiger partial charge is 0.229 e. The van der Waals surface area contributed by atoms with Crippen LogP contribution >= 0.6 is 0 Å². The van der Waals surface area contributed by atoms with E-state index in [-0.39, 0.29) is 6.61 Å². The van der Waals surface area contributed by atoms with Gasteiger partial charge < -0.3 is 15.3 Å². The number of hydrogen-bond acceptors (Lipinski definition) is 6. The highest BCUT2D eigenvalue weighted by molar-refractivity contribution is 5.87. The summed E-state index contributed by atoms with van der Waals surface area (Å²) in [6.45, 7) is 2.55. The number of aliphatic hydroxyl groups excluding tert-OH is 1. The number of nitrogens with one attached hydrogen (secondary N) is 1. The quantitative estimate of drug-likeness (QED) is 0.858. The van der Waals surface area contributed by atoms with Gasteiger partial charge in [-0.25, -0.2) is 0 Å². The van der Waals surface area contributed by atoms with Crippen molar-refractivity contribution in [1.29, 1.82) is 0 Å². The number of piperidine rings is 1. The molecule has 1 aliphatic rings. The van der Waals surface area contributed by atoms with Gasteiger partial charge >= 0.3 is 0 Å². The Bertz CT molecular complexity index is 590. The average Bonchev–Trinajstić information content (AvgIpc) is 2.87. The highest BCUT2D eigenvalue weighted by Crippen LogP contribution is 2.24. The Hall–Kier alpha value is -1.89. The minimum absolute atomic E-state index is 0.0742. The second-order valence-corrected chi connectivity index (χ2v) is 5.08. The van der Waals surface area contributed by atoms with E-state index in [2.05, 4.69) is 25.3 Å². The zero-order chi connectivity index (χ0) is 13.9. The van der Waals surface area contributed by atoms with Gasteiger partial charge in [0.1, 0.15) is 5.82 Å². The number of nitrogens with zero attached hydrogens (tertiary/aromatic N) is 5. The van der Waals surface area contributed by atoms with E-state index in [1.54, 1.807) is 10.9 Å². The van der Waals surface area contributed by atoms with Crippen LogP contribution in [0.5, 0.6) is 0 Å². The lowest BCUT2D eigenvalue weighted by Gasteiger charge is -2.27. The van der Waals surface area contributed by atoms with Crippen LogP contribution in [0.3, 0.4) is 0 Å². The van der Waals surface area contributed by atoms with Gasteiger partial charge in [-0.15, -0.1) is 0 Å². The van der Waals surface area contributed by atoms with Crippen LogP contribution in [0, 0.1) is 0 Å². The lowest BCUT2D eigenvalue weighted by Crippen LogP contribution is -2.31. The number of aliphatic hydroxyl groups is 1. The number of fused-ring (bicyclic) bond motifs is 1. The molecule has 0 saturated carbocycles. The minimum atomic E-state index is 0.0742. The lowest BCUT2D eigenvalue weighted by atomic mass is 10.1. The minimum Gasteiger partial charge on any atom is -0.395 e. The van der Waals surface area contributed by atoms with E-state index in [4.69, 9.17) is 5.11 Å². The van der Waals surface area contributed by atoms with Crippen molar-refractivity contribution in [1.82, 2.24) is 19.7 Å². The third kappa shape index (κ3) is 2.40. The molecule has 0 atom stereocenters. The van der Waals surface area contributed by atoms with E-state index in [0.717, 1.165) is 35.9 Å². The van der Waals surface area contributed by atoms with Crippen molar-refractivity contribution in [3.63, 3.8) is 0 Å². The summed E-state index contributed by atoms with van der Waals surface area (Å²) in [6.07, 6.45) is 5.41. The van der Waals surface area contributed by atoms with Crippen LogP contribution in [0.15, 0.2) is 6.20 Å². The molecule has 2 aromatic rings. The zero-order valence-corrected chi connectivity index (χ0v) is 11.7. The number of hydrogen-bond donors (Lipinski definition) is 2. The number of anilines is 2. The number of rotatable bonds is 4. The van der Waals surface area contributed by atoms with Crippen LogP contribution in [0.2, 0.25) is 0 Å². The summed E-state index contributed by atoms with van der Waals surface area (Å²) in [5, 5.41) is 17.3. The van der Waals surface area contributed by atoms with Gasteiger partial charge in [-0.1, -0.05) is 0 Å². The first-order valence-corrected chi connectivity index (χ1v) is 7.09. The van der Waals surface area contributed by atoms with Crippen molar-refractivity contribution >= 4 is 22.8 Å². The molecule has 0 radical (unpaired) electrons. The molecule has 7 heteroatoms. The molecule has 7 nitrogen and oxygen atoms in total. The van der Waals surface area contributed by atoms with E-state index in [1.807, 2.05) is 7.05 Å². The second-order valence-electron chi connectivity index (χ2n) is 5.08. The molecule has 20 heavy (non-hydrogen) atoms. The molecule has 1 saturated heterocycles. The topological polar surface area (TPSA) is 79.1 Å². The van der Waals surface area contributed by atoms with E-state index in [9.17, 15) is 0 Å². The van der Waals surface area contributed by atoms with Crippen LogP contribution in [0.1, 0.15) is 19.3 Å². The zero-order valence-electron chi connectivity index (χ0n) is 11.7. The van der Waals surface area contributed by atoms with Gasteiger partial charge in [-0.3, -0.25) is 4.68 Å². The predicted molar refractivity (Wildman–Crippen MR) is 77.9 cm³/mol. The molecule has 1 aliphatic heterocycles. The number of aromatic nitrogens is 4. The second kappa shape index (κ2) is 5.62. The largest absolute Gasteiger partial charge is 0.395 e. The molecule has 0 aromatic carbocycles. The Kier molecular flexibility index (Phi) is 3.68. The molecule has 2 aromatic heterocycles. The van der Waals surface area contributed by atoms with Crippen LogP contribution < -0.4 is 10.2 Å². The van der Waals surface area contributed by atoms with Crippen LogP contribution in [-0.2, 0) is 7.05 Å². The molecule has 2 N–H and O–H groups in total. The molecule has 0 aliphatic carbocycles. The summed E-state index contributed by atoms with van der Waals surface area (Å²) in [5.74, 6) is 1.50. The van der Waals surface area contributed by atoms with Gasteiger partial charge in [0.05, 0.1) is 18.2 Å². The van der Waals surface area contributed by atoms with Gasteiger partial charge in [0, 0.05) is 26.7 Å². The SMILES string of the molecule is Cn1ncc2c(NCCO)nc(N3CCCCC3)nc21. The molecule has 0 amide bonds. The van der Waals surface area contributed by atoms with E-state index >= 15 is 0 Å². The van der Waals surface area contributed by atoms with E-state index in [1.165, 1.54) is 19.3 Å². The predicted octanol–water partition coefficient (Wildman–Crippen LogP) is 0.758. The Morgan fingerprint density at radius 3 is 2.80 bits per heavy atom. The van der Waals surface area contributed by atoms with Gasteiger partial charge in [0.2, 0.25) is 5.95 Å². The highest BCUT2D eigenvalue weighted by atomic mass is 16.3. The summed E-state index contributed by atoms with van der Waals surface area (Å²) in [5.41, 5.74) is 0.820. The fraction of sp³-hybridized carbons (Fsp3) is 0.615.